The van der Waals surface area contributed by atoms with Crippen LogP contribution >= 0.6 is 0 Å². The number of rotatable bonds is 4. The zero-order valence-corrected chi connectivity index (χ0v) is 18.7. The minimum Gasteiger partial charge on any atom is -0.390 e. The molecule has 2 fully saturated rings. The maximum Gasteiger partial charge on any atom is 0.264 e. The monoisotopic (exact) mass is 413 g/mol. The predicted octanol–water partition coefficient (Wildman–Crippen LogP) is 4.68. The number of nitrogens with zero attached hydrogens (tertiary/aromatic N) is 1. The minimum absolute atomic E-state index is 0.0989. The van der Waals surface area contributed by atoms with Crippen LogP contribution in [-0.4, -0.2) is 25.7 Å². The third-order valence-electron chi connectivity index (χ3n) is 7.79. The fourth-order valence-corrected chi connectivity index (χ4v) is 7.53. The van der Waals surface area contributed by atoms with E-state index in [1.165, 1.54) is 4.31 Å². The van der Waals surface area contributed by atoms with Crippen LogP contribution in [0.1, 0.15) is 44.7 Å². The SMILES string of the molecule is Cc1cc(C)cc(N(C2C3CCC(C)(C2O)C3(C)C)S(=O)(=O)c2ccccc2)c1. The Kier molecular flexibility index (Phi) is 4.63. The standard InChI is InChI=1S/C24H31NO3S/c1-16-13-17(2)15-18(14-16)25(29(27,28)19-9-7-6-8-10-19)21-20-11-12-24(5,22(21)26)23(20,3)4/h6-10,13-15,20-22,26H,11-12H2,1-5H3. The number of hydrogen-bond acceptors (Lipinski definition) is 3. The van der Waals surface area contributed by atoms with Gasteiger partial charge in [0.05, 0.1) is 22.7 Å². The van der Waals surface area contributed by atoms with Gasteiger partial charge in [-0.1, -0.05) is 45.0 Å². The van der Waals surface area contributed by atoms with E-state index in [-0.39, 0.29) is 21.6 Å². The molecular formula is C24H31NO3S. The van der Waals surface area contributed by atoms with Crippen molar-refractivity contribution in [2.24, 2.45) is 16.7 Å². The van der Waals surface area contributed by atoms with Crippen molar-refractivity contribution in [3.63, 3.8) is 0 Å². The maximum absolute atomic E-state index is 13.9. The van der Waals surface area contributed by atoms with Gasteiger partial charge in [-0.05, 0) is 73.4 Å². The summed E-state index contributed by atoms with van der Waals surface area (Å²) in [4.78, 5) is 0.261. The van der Waals surface area contributed by atoms with Gasteiger partial charge in [0.15, 0.2) is 0 Å². The molecule has 0 aromatic heterocycles. The summed E-state index contributed by atoms with van der Waals surface area (Å²) < 4.78 is 29.3. The lowest BCUT2D eigenvalue weighted by molar-refractivity contribution is 0.00654. The molecule has 5 heteroatoms. The Balaban J connectivity index is 1.93. The van der Waals surface area contributed by atoms with Crippen molar-refractivity contribution in [2.75, 3.05) is 4.31 Å². The molecule has 0 saturated heterocycles. The predicted molar refractivity (Wildman–Crippen MR) is 116 cm³/mol. The van der Waals surface area contributed by atoms with Crippen molar-refractivity contribution >= 4 is 15.7 Å². The van der Waals surface area contributed by atoms with Crippen LogP contribution in [0.4, 0.5) is 5.69 Å². The molecule has 0 amide bonds. The Bertz CT molecular complexity index is 1010. The van der Waals surface area contributed by atoms with E-state index in [4.69, 9.17) is 0 Å². The van der Waals surface area contributed by atoms with E-state index in [0.717, 1.165) is 24.0 Å². The van der Waals surface area contributed by atoms with Gasteiger partial charge in [0, 0.05) is 5.41 Å². The maximum atomic E-state index is 13.9. The van der Waals surface area contributed by atoms with Crippen molar-refractivity contribution in [1.29, 1.82) is 0 Å². The lowest BCUT2D eigenvalue weighted by Crippen LogP contribution is -2.52. The number of anilines is 1. The highest BCUT2D eigenvalue weighted by molar-refractivity contribution is 7.92. The summed E-state index contributed by atoms with van der Waals surface area (Å²) in [5.41, 5.74) is 2.22. The highest BCUT2D eigenvalue weighted by Gasteiger charge is 2.68. The third kappa shape index (κ3) is 2.85. The molecule has 4 atom stereocenters. The van der Waals surface area contributed by atoms with Gasteiger partial charge in [0.25, 0.3) is 10.0 Å². The quantitative estimate of drug-likeness (QED) is 0.791. The second-order valence-corrected chi connectivity index (χ2v) is 11.5. The van der Waals surface area contributed by atoms with E-state index >= 15 is 0 Å². The first kappa shape index (κ1) is 20.4. The molecule has 29 heavy (non-hydrogen) atoms. The summed E-state index contributed by atoms with van der Waals surface area (Å²) in [5, 5.41) is 11.4. The second-order valence-electron chi connectivity index (χ2n) is 9.68. The topological polar surface area (TPSA) is 57.6 Å². The number of aliphatic hydroxyl groups excluding tert-OH is 1. The van der Waals surface area contributed by atoms with Crippen LogP contribution in [0.5, 0.6) is 0 Å². The molecule has 4 rings (SSSR count). The van der Waals surface area contributed by atoms with E-state index in [1.807, 2.05) is 38.1 Å². The highest BCUT2D eigenvalue weighted by Crippen LogP contribution is 2.67. The number of sulfonamides is 1. The zero-order valence-electron chi connectivity index (χ0n) is 17.9. The molecule has 0 heterocycles. The van der Waals surface area contributed by atoms with Gasteiger partial charge in [-0.25, -0.2) is 8.42 Å². The highest BCUT2D eigenvalue weighted by atomic mass is 32.2. The first-order valence-electron chi connectivity index (χ1n) is 10.4. The molecule has 2 aromatic carbocycles. The summed E-state index contributed by atoms with van der Waals surface area (Å²) in [7, 11) is -3.83. The minimum atomic E-state index is -3.83. The smallest absolute Gasteiger partial charge is 0.264 e. The summed E-state index contributed by atoms with van der Waals surface area (Å²) in [6, 6.07) is 14.0. The molecule has 0 spiro atoms. The first-order chi connectivity index (χ1) is 13.5. The van der Waals surface area contributed by atoms with E-state index < -0.39 is 22.2 Å². The molecule has 1 N–H and O–H groups in total. The summed E-state index contributed by atoms with van der Waals surface area (Å²) in [6.45, 7) is 10.4. The molecule has 2 aliphatic rings. The van der Waals surface area contributed by atoms with E-state index in [9.17, 15) is 13.5 Å². The Labute approximate surface area is 174 Å². The molecule has 2 aliphatic carbocycles. The third-order valence-corrected chi connectivity index (χ3v) is 9.63. The lowest BCUT2D eigenvalue weighted by atomic mass is 9.70. The molecule has 2 saturated carbocycles. The van der Waals surface area contributed by atoms with Crippen LogP contribution in [0.3, 0.4) is 0 Å². The van der Waals surface area contributed by atoms with Crippen LogP contribution in [0.2, 0.25) is 0 Å². The van der Waals surface area contributed by atoms with Gasteiger partial charge in [0.2, 0.25) is 0 Å². The van der Waals surface area contributed by atoms with E-state index in [0.29, 0.717) is 5.69 Å². The average molecular weight is 414 g/mol. The Hall–Kier alpha value is -1.85. The fraction of sp³-hybridized carbons (Fsp3) is 0.500. The Morgan fingerprint density at radius 3 is 2.10 bits per heavy atom. The summed E-state index contributed by atoms with van der Waals surface area (Å²) in [6.07, 6.45) is 1.14. The van der Waals surface area contributed by atoms with Gasteiger partial charge in [-0.3, -0.25) is 4.31 Å². The normalized spacial score (nSPS) is 30.5. The molecule has 0 aliphatic heterocycles. The van der Waals surface area contributed by atoms with Gasteiger partial charge < -0.3 is 5.11 Å². The van der Waals surface area contributed by atoms with Crippen molar-refractivity contribution in [3.8, 4) is 0 Å². The van der Waals surface area contributed by atoms with Crippen LogP contribution in [0.25, 0.3) is 0 Å². The van der Waals surface area contributed by atoms with Gasteiger partial charge in [0.1, 0.15) is 0 Å². The molecule has 0 radical (unpaired) electrons. The van der Waals surface area contributed by atoms with Crippen LogP contribution < -0.4 is 4.31 Å². The zero-order chi connectivity index (χ0) is 21.2. The van der Waals surface area contributed by atoms with Crippen molar-refractivity contribution in [3.05, 3.63) is 59.7 Å². The summed E-state index contributed by atoms with van der Waals surface area (Å²) >= 11 is 0. The van der Waals surface area contributed by atoms with Crippen LogP contribution in [0, 0.1) is 30.6 Å². The van der Waals surface area contributed by atoms with Crippen molar-refractivity contribution < 1.29 is 13.5 Å². The molecular weight excluding hydrogens is 382 g/mol. The van der Waals surface area contributed by atoms with E-state index in [1.54, 1.807) is 24.3 Å². The van der Waals surface area contributed by atoms with Gasteiger partial charge >= 0.3 is 0 Å². The first-order valence-corrected chi connectivity index (χ1v) is 11.8. The van der Waals surface area contributed by atoms with Crippen LogP contribution in [0.15, 0.2) is 53.4 Å². The second kappa shape index (κ2) is 6.58. The lowest BCUT2D eigenvalue weighted by Gasteiger charge is -2.40. The van der Waals surface area contributed by atoms with Gasteiger partial charge in [-0.15, -0.1) is 0 Å². The number of aryl methyl sites for hydroxylation is 2. The molecule has 4 unspecified atom stereocenters. The largest absolute Gasteiger partial charge is 0.390 e. The number of hydrogen-bond donors (Lipinski definition) is 1. The summed E-state index contributed by atoms with van der Waals surface area (Å²) in [5.74, 6) is 0.0989. The number of aliphatic hydroxyl groups is 1. The van der Waals surface area contributed by atoms with E-state index in [2.05, 4.69) is 20.8 Å². The van der Waals surface area contributed by atoms with Crippen LogP contribution in [-0.2, 0) is 10.0 Å². The molecule has 2 aromatic rings. The fourth-order valence-electron chi connectivity index (χ4n) is 5.83. The molecule has 4 nitrogen and oxygen atoms in total. The average Bonchev–Trinajstić information content (AvgIpc) is 2.95. The molecule has 156 valence electrons. The van der Waals surface area contributed by atoms with Crippen molar-refractivity contribution in [1.82, 2.24) is 0 Å². The number of benzene rings is 2. The Morgan fingerprint density at radius 2 is 1.59 bits per heavy atom. The van der Waals surface area contributed by atoms with Crippen molar-refractivity contribution in [2.45, 2.75) is 64.5 Å². The molecule has 2 bridgehead atoms. The number of fused-ring (bicyclic) bond motifs is 2. The Morgan fingerprint density at radius 1 is 1.00 bits per heavy atom. The van der Waals surface area contributed by atoms with Gasteiger partial charge in [-0.2, -0.15) is 0 Å².